The van der Waals surface area contributed by atoms with Gasteiger partial charge >= 0.3 is 12.1 Å². The van der Waals surface area contributed by atoms with E-state index in [1.54, 1.807) is 0 Å². The van der Waals surface area contributed by atoms with Gasteiger partial charge < -0.3 is 24.4 Å². The Bertz CT molecular complexity index is 853. The van der Waals surface area contributed by atoms with Gasteiger partial charge in [0.25, 0.3) is 0 Å². The van der Waals surface area contributed by atoms with E-state index in [2.05, 4.69) is 5.32 Å². The van der Waals surface area contributed by atoms with Crippen LogP contribution in [0.2, 0.25) is 0 Å². The second-order valence-corrected chi connectivity index (χ2v) is 8.49. The molecule has 3 rings (SSSR count). The van der Waals surface area contributed by atoms with Crippen LogP contribution in [0.25, 0.3) is 6.08 Å². The third-order valence-corrected chi connectivity index (χ3v) is 5.72. The molecule has 0 spiro atoms. The van der Waals surface area contributed by atoms with Crippen molar-refractivity contribution in [1.29, 1.82) is 0 Å². The van der Waals surface area contributed by atoms with E-state index >= 15 is 0 Å². The largest absolute Gasteiger partial charge is 0.467 e. The molecule has 3 atom stereocenters. The first-order chi connectivity index (χ1) is 15.4. The monoisotopic (exact) mass is 444 g/mol. The Morgan fingerprint density at radius 1 is 1.28 bits per heavy atom. The highest BCUT2D eigenvalue weighted by molar-refractivity contribution is 5.90. The zero-order chi connectivity index (χ0) is 23.1. The molecule has 2 heterocycles. The highest BCUT2D eigenvalue weighted by atomic mass is 16.5. The first-order valence-corrected chi connectivity index (χ1v) is 11.1. The molecule has 1 aromatic carbocycles. The van der Waals surface area contributed by atoms with Crippen LogP contribution in [-0.2, 0) is 30.4 Å². The maximum absolute atomic E-state index is 13.3. The van der Waals surface area contributed by atoms with Crippen molar-refractivity contribution in [3.8, 4) is 0 Å². The minimum absolute atomic E-state index is 0.190. The second kappa shape index (κ2) is 11.1. The molecule has 2 amide bonds. The Kier molecular flexibility index (Phi) is 8.27. The predicted octanol–water partition coefficient (Wildman–Crippen LogP) is 2.90. The number of nitrogens with one attached hydrogen (secondary N) is 1. The first kappa shape index (κ1) is 23.8. The molecule has 1 N–H and O–H groups in total. The normalized spacial score (nSPS) is 25.0. The number of carbonyl (C=O) groups excluding carboxylic acids is 3. The molecule has 174 valence electrons. The maximum Gasteiger partial charge on any atom is 0.407 e. The third-order valence-electron chi connectivity index (χ3n) is 5.72. The SMILES string of the molecule is COC(=O)[C@@H]1C[C@@H]2CN1C(=O)[C@H](C(C)C)NC(=O)OCCCC=Cc1cccc(c1)CO2. The van der Waals surface area contributed by atoms with Gasteiger partial charge in [0.1, 0.15) is 12.1 Å². The van der Waals surface area contributed by atoms with Crippen molar-refractivity contribution in [3.05, 3.63) is 41.5 Å². The summed E-state index contributed by atoms with van der Waals surface area (Å²) in [4.78, 5) is 39.5. The number of fused-ring (bicyclic) bond motifs is 4. The molecule has 0 radical (unpaired) electrons. The molecule has 4 bridgehead atoms. The average molecular weight is 445 g/mol. The van der Waals surface area contributed by atoms with Gasteiger partial charge in [-0.25, -0.2) is 9.59 Å². The highest BCUT2D eigenvalue weighted by Gasteiger charge is 2.43. The Labute approximate surface area is 188 Å². The lowest BCUT2D eigenvalue weighted by molar-refractivity contribution is -0.151. The molecule has 8 nitrogen and oxygen atoms in total. The van der Waals surface area contributed by atoms with Crippen molar-refractivity contribution in [1.82, 2.24) is 10.2 Å². The molecule has 0 saturated carbocycles. The lowest BCUT2D eigenvalue weighted by atomic mass is 10.0. The number of rotatable bonds is 2. The molecule has 8 heteroatoms. The second-order valence-electron chi connectivity index (χ2n) is 8.49. The smallest absolute Gasteiger partial charge is 0.407 e. The van der Waals surface area contributed by atoms with Gasteiger partial charge in [0.05, 0.1) is 26.4 Å². The van der Waals surface area contributed by atoms with Crippen LogP contribution in [0.4, 0.5) is 4.79 Å². The van der Waals surface area contributed by atoms with E-state index in [1.807, 2.05) is 50.3 Å². The summed E-state index contributed by atoms with van der Waals surface area (Å²) in [6, 6.07) is 6.45. The van der Waals surface area contributed by atoms with Crippen LogP contribution in [0.1, 0.15) is 44.2 Å². The molecular weight excluding hydrogens is 412 g/mol. The molecule has 1 fully saturated rings. The van der Waals surface area contributed by atoms with Gasteiger partial charge in [-0.15, -0.1) is 0 Å². The molecule has 2 aliphatic rings. The van der Waals surface area contributed by atoms with Gasteiger partial charge in [-0.05, 0) is 36.0 Å². The Morgan fingerprint density at radius 3 is 2.84 bits per heavy atom. The van der Waals surface area contributed by atoms with Crippen LogP contribution < -0.4 is 5.32 Å². The number of methoxy groups -OCH3 is 1. The van der Waals surface area contributed by atoms with Crippen LogP contribution >= 0.6 is 0 Å². The maximum atomic E-state index is 13.3. The number of cyclic esters (lactones) is 1. The number of amides is 2. The molecular formula is C24H32N2O6. The lowest BCUT2D eigenvalue weighted by Gasteiger charge is -2.29. The minimum atomic E-state index is -0.816. The van der Waals surface area contributed by atoms with E-state index in [1.165, 1.54) is 12.0 Å². The van der Waals surface area contributed by atoms with E-state index in [4.69, 9.17) is 14.2 Å². The van der Waals surface area contributed by atoms with Crippen molar-refractivity contribution < 1.29 is 28.6 Å². The fourth-order valence-corrected chi connectivity index (χ4v) is 3.97. The number of allylic oxidation sites excluding steroid dienone is 1. The number of nitrogens with zero attached hydrogens (tertiary/aromatic N) is 1. The third kappa shape index (κ3) is 6.09. The van der Waals surface area contributed by atoms with Crippen molar-refractivity contribution in [2.75, 3.05) is 20.3 Å². The number of esters is 1. The number of alkyl carbamates (subject to hydrolysis) is 1. The van der Waals surface area contributed by atoms with Crippen molar-refractivity contribution in [3.63, 3.8) is 0 Å². The molecule has 32 heavy (non-hydrogen) atoms. The van der Waals surface area contributed by atoms with Gasteiger partial charge in [-0.2, -0.15) is 0 Å². The standard InChI is InChI=1S/C24H32N2O6/c1-16(2)21-22(27)26-14-19(13-20(26)23(28)30-3)32-15-18-10-7-9-17(12-18)8-5-4-6-11-31-24(29)25-21/h5,7-10,12,16,19-21H,4,6,11,13-15H2,1-3H3,(H,25,29)/t19-,20+,21+/m1/s1. The topological polar surface area (TPSA) is 94.2 Å². The summed E-state index contributed by atoms with van der Waals surface area (Å²) in [5, 5.41) is 2.67. The quantitative estimate of drug-likeness (QED) is 0.705. The fraction of sp³-hybridized carbons (Fsp3) is 0.542. The zero-order valence-electron chi connectivity index (χ0n) is 18.9. The predicted molar refractivity (Wildman–Crippen MR) is 119 cm³/mol. The summed E-state index contributed by atoms with van der Waals surface area (Å²) in [5.41, 5.74) is 2.07. The summed E-state index contributed by atoms with van der Waals surface area (Å²) in [5.74, 6) is -1.03. The molecule has 2 aliphatic heterocycles. The minimum Gasteiger partial charge on any atom is -0.467 e. The van der Waals surface area contributed by atoms with Gasteiger partial charge in [-0.3, -0.25) is 4.79 Å². The summed E-state index contributed by atoms with van der Waals surface area (Å²) in [7, 11) is 1.30. The molecule has 1 aromatic rings. The van der Waals surface area contributed by atoms with E-state index in [0.29, 0.717) is 19.4 Å². The van der Waals surface area contributed by atoms with E-state index in [-0.39, 0.29) is 31.1 Å². The van der Waals surface area contributed by atoms with E-state index < -0.39 is 24.1 Å². The molecule has 0 unspecified atom stereocenters. The average Bonchev–Trinajstić information content (AvgIpc) is 3.21. The Balaban J connectivity index is 1.85. The van der Waals surface area contributed by atoms with E-state index in [0.717, 1.165) is 17.5 Å². The summed E-state index contributed by atoms with van der Waals surface area (Å²) >= 11 is 0. The highest BCUT2D eigenvalue weighted by Crippen LogP contribution is 2.25. The Hall–Kier alpha value is -2.87. The Morgan fingerprint density at radius 2 is 2.09 bits per heavy atom. The number of hydrogen-bond donors (Lipinski definition) is 1. The lowest BCUT2D eigenvalue weighted by Crippen LogP contribution is -2.54. The zero-order valence-corrected chi connectivity index (χ0v) is 18.9. The number of carbonyl (C=O) groups is 3. The van der Waals surface area contributed by atoms with Gasteiger partial charge in [0.2, 0.25) is 5.91 Å². The van der Waals surface area contributed by atoms with Gasteiger partial charge in [0, 0.05) is 13.0 Å². The van der Waals surface area contributed by atoms with Crippen LogP contribution in [-0.4, -0.2) is 61.3 Å². The van der Waals surface area contributed by atoms with Crippen LogP contribution in [0.15, 0.2) is 30.3 Å². The number of ether oxygens (including phenoxy) is 3. The fourth-order valence-electron chi connectivity index (χ4n) is 3.97. The number of hydrogen-bond acceptors (Lipinski definition) is 6. The van der Waals surface area contributed by atoms with Crippen LogP contribution in [0, 0.1) is 5.92 Å². The first-order valence-electron chi connectivity index (χ1n) is 11.1. The molecule has 0 aromatic heterocycles. The van der Waals surface area contributed by atoms with Gasteiger partial charge in [0.15, 0.2) is 0 Å². The molecule has 1 saturated heterocycles. The van der Waals surface area contributed by atoms with Crippen molar-refractivity contribution in [2.45, 2.75) is 57.9 Å². The van der Waals surface area contributed by atoms with Crippen molar-refractivity contribution in [2.24, 2.45) is 5.92 Å². The van der Waals surface area contributed by atoms with E-state index in [9.17, 15) is 14.4 Å². The van der Waals surface area contributed by atoms with Gasteiger partial charge in [-0.1, -0.05) is 44.2 Å². The summed E-state index contributed by atoms with van der Waals surface area (Å²) in [6.45, 7) is 4.55. The van der Waals surface area contributed by atoms with Crippen LogP contribution in [0.5, 0.6) is 0 Å². The molecule has 0 aliphatic carbocycles. The van der Waals surface area contributed by atoms with Crippen LogP contribution in [0.3, 0.4) is 0 Å². The summed E-state index contributed by atoms with van der Waals surface area (Å²) < 4.78 is 16.3. The number of benzene rings is 1. The van der Waals surface area contributed by atoms with Crippen molar-refractivity contribution >= 4 is 24.0 Å². The summed E-state index contributed by atoms with van der Waals surface area (Å²) in [6.07, 6.45) is 4.89.